The second-order valence-electron chi connectivity index (χ2n) is 6.85. The summed E-state index contributed by atoms with van der Waals surface area (Å²) in [6, 6.07) is 0. The average Bonchev–Trinajstić information content (AvgIpc) is 2.43. The molecule has 0 radical (unpaired) electrons. The zero-order valence-corrected chi connectivity index (χ0v) is 25.8. The van der Waals surface area contributed by atoms with Gasteiger partial charge >= 0.3 is 0 Å². The fourth-order valence-corrected chi connectivity index (χ4v) is 9.45. The first-order valence-electron chi connectivity index (χ1n) is 8.39. The highest BCUT2D eigenvalue weighted by molar-refractivity contribution is 6.69. The number of hydrogen-bond donors (Lipinski definition) is 0. The van der Waals surface area contributed by atoms with E-state index in [1.54, 1.807) is 0 Å². The minimum Gasteiger partial charge on any atom is -0.444 e. The van der Waals surface area contributed by atoms with Gasteiger partial charge in [-0.1, -0.05) is 104 Å². The Morgan fingerprint density at radius 2 is 0.926 bits per heavy atom. The van der Waals surface area contributed by atoms with Crippen LogP contribution < -0.4 is 0 Å². The molecule has 0 saturated heterocycles. The van der Waals surface area contributed by atoms with E-state index in [1.807, 2.05) is 0 Å². The van der Waals surface area contributed by atoms with Crippen LogP contribution in [0.3, 0.4) is 0 Å². The van der Waals surface area contributed by atoms with E-state index in [-0.39, 0.29) is 5.04 Å². The van der Waals surface area contributed by atoms with Crippen molar-refractivity contribution in [2.45, 2.75) is 74.6 Å². The van der Waals surface area contributed by atoms with Crippen molar-refractivity contribution in [1.29, 1.82) is 0 Å². The molecule has 0 aromatic rings. The Morgan fingerprint density at radius 1 is 0.593 bits per heavy atom. The summed E-state index contributed by atoms with van der Waals surface area (Å²) in [7, 11) is -4.08. The summed E-state index contributed by atoms with van der Waals surface area (Å²) in [5.74, 6) is 0. The molecule has 0 aliphatic rings. The van der Waals surface area contributed by atoms with Crippen LogP contribution in [0.15, 0.2) is 0 Å². The lowest BCUT2D eigenvalue weighted by Gasteiger charge is -2.41. The van der Waals surface area contributed by atoms with Gasteiger partial charge in [-0.15, -0.1) is 0 Å². The predicted molar refractivity (Wildman–Crippen MR) is 134 cm³/mol. The van der Waals surface area contributed by atoms with E-state index in [4.69, 9.17) is 113 Å². The highest BCUT2D eigenvalue weighted by Crippen LogP contribution is 2.53. The van der Waals surface area contributed by atoms with Crippen LogP contribution in [0.2, 0.25) is 24.7 Å². The first-order valence-corrected chi connectivity index (χ1v) is 17.9. The Bertz CT molecular complexity index is 379. The zero-order valence-electron chi connectivity index (χ0n) is 15.3. The van der Waals surface area contributed by atoms with Gasteiger partial charge in [0.1, 0.15) is 0 Å². The van der Waals surface area contributed by atoms with Crippen molar-refractivity contribution >= 4 is 132 Å². The maximum atomic E-state index is 6.22. The summed E-state index contributed by atoms with van der Waals surface area (Å²) < 4.78 is 7.84. The second kappa shape index (κ2) is 13.0. The summed E-state index contributed by atoms with van der Waals surface area (Å²) >= 11 is 54.1. The van der Waals surface area contributed by atoms with E-state index in [0.29, 0.717) is 38.5 Å². The van der Waals surface area contributed by atoms with Gasteiger partial charge in [0.05, 0.1) is 0 Å². The minimum absolute atomic E-state index is 0.333. The van der Waals surface area contributed by atoms with Gasteiger partial charge in [0.2, 0.25) is 0 Å². The predicted octanol–water partition coefficient (Wildman–Crippen LogP) is 7.55. The van der Waals surface area contributed by atoms with Crippen molar-refractivity contribution in [2.24, 2.45) is 0 Å². The normalized spacial score (nSPS) is 15.9. The van der Waals surface area contributed by atoms with Crippen LogP contribution in [0, 0.1) is 0 Å². The van der Waals surface area contributed by atoms with E-state index in [1.165, 1.54) is 0 Å². The summed E-state index contributed by atoms with van der Waals surface area (Å²) in [5.41, 5.74) is 0. The maximum Gasteiger partial charge on any atom is 0.283 e. The largest absolute Gasteiger partial charge is 0.444 e. The number of halogens is 9. The van der Waals surface area contributed by atoms with Crippen LogP contribution in [0.5, 0.6) is 0 Å². The number of alkyl halides is 9. The molecule has 0 aromatic carbocycles. The Morgan fingerprint density at radius 3 is 1.19 bits per heavy atom. The quantitative estimate of drug-likeness (QED) is 0.176. The van der Waals surface area contributed by atoms with Gasteiger partial charge in [-0.05, 0) is 63.2 Å². The molecular formula is C13H25Cl9O2Si3. The standard InChI is InChI=1S/C13H25Cl9O2Si3/c1-26(2)23-25-24-27(3)10(4-7-11(14,15)16,5-8-12(17,18)19)6-9-13(20,21)22/h26-27H,4-9,25H2,1-3H3. The maximum absolute atomic E-state index is 6.22. The highest BCUT2D eigenvalue weighted by Gasteiger charge is 2.43. The Hall–Kier alpha value is 3.18. The van der Waals surface area contributed by atoms with Crippen LogP contribution >= 0.6 is 104 Å². The first-order chi connectivity index (χ1) is 12.0. The van der Waals surface area contributed by atoms with Crippen molar-refractivity contribution in [3.63, 3.8) is 0 Å². The third-order valence-electron chi connectivity index (χ3n) is 4.30. The van der Waals surface area contributed by atoms with Crippen molar-refractivity contribution in [2.75, 3.05) is 0 Å². The molecule has 0 heterocycles. The van der Waals surface area contributed by atoms with Gasteiger partial charge in [0.25, 0.3) is 10.0 Å². The van der Waals surface area contributed by atoms with Crippen molar-refractivity contribution in [1.82, 2.24) is 0 Å². The van der Waals surface area contributed by atoms with Crippen LogP contribution in [-0.4, -0.2) is 39.5 Å². The molecule has 164 valence electrons. The molecule has 1 atom stereocenters. The molecule has 0 N–H and O–H groups in total. The van der Waals surface area contributed by atoms with Gasteiger partial charge in [0, 0.05) is 0 Å². The Labute approximate surface area is 213 Å². The van der Waals surface area contributed by atoms with Crippen molar-refractivity contribution < 1.29 is 8.23 Å². The Balaban J connectivity index is 5.50. The van der Waals surface area contributed by atoms with E-state index in [2.05, 4.69) is 19.6 Å². The number of hydrogen-bond acceptors (Lipinski definition) is 2. The smallest absolute Gasteiger partial charge is 0.283 e. The van der Waals surface area contributed by atoms with E-state index in [9.17, 15) is 0 Å². The summed E-state index contributed by atoms with van der Waals surface area (Å²) in [4.78, 5) is 0. The number of rotatable bonds is 11. The highest BCUT2D eigenvalue weighted by atomic mass is 35.6. The zero-order chi connectivity index (χ0) is 21.5. The fourth-order valence-electron chi connectivity index (χ4n) is 2.61. The molecule has 14 heteroatoms. The third kappa shape index (κ3) is 16.5. The molecule has 0 aliphatic carbocycles. The first kappa shape index (κ1) is 30.2. The van der Waals surface area contributed by atoms with Gasteiger partial charge in [-0.25, -0.2) is 0 Å². The van der Waals surface area contributed by atoms with E-state index in [0.717, 1.165) is 0 Å². The fraction of sp³-hybridized carbons (Fsp3) is 1.00. The molecule has 27 heavy (non-hydrogen) atoms. The molecule has 0 fully saturated rings. The van der Waals surface area contributed by atoms with Gasteiger partial charge in [0.15, 0.2) is 29.5 Å². The minimum atomic E-state index is -1.85. The van der Waals surface area contributed by atoms with Crippen LogP contribution in [0.1, 0.15) is 38.5 Å². The second-order valence-corrected chi connectivity index (χ2v) is 21.9. The van der Waals surface area contributed by atoms with E-state index >= 15 is 0 Å². The third-order valence-corrected chi connectivity index (χ3v) is 14.3. The summed E-state index contributed by atoms with van der Waals surface area (Å²) in [5, 5.41) is -0.355. The molecule has 0 aliphatic heterocycles. The topological polar surface area (TPSA) is 18.5 Å². The van der Waals surface area contributed by atoms with Crippen LogP contribution in [0.25, 0.3) is 0 Å². The monoisotopic (exact) mass is 612 g/mol. The van der Waals surface area contributed by atoms with Crippen molar-refractivity contribution in [3.05, 3.63) is 0 Å². The molecule has 0 bridgehead atoms. The molecule has 0 aromatic heterocycles. The van der Waals surface area contributed by atoms with Crippen molar-refractivity contribution in [3.8, 4) is 0 Å². The lowest BCUT2D eigenvalue weighted by Crippen LogP contribution is -2.38. The van der Waals surface area contributed by atoms with E-state index < -0.39 is 39.5 Å². The Kier molecular flexibility index (Phi) is 14.6. The average molecular weight is 617 g/mol. The van der Waals surface area contributed by atoms with Gasteiger partial charge in [-0.2, -0.15) is 0 Å². The molecular weight excluding hydrogens is 591 g/mol. The molecule has 0 saturated carbocycles. The lowest BCUT2D eigenvalue weighted by atomic mass is 9.91. The molecule has 0 amide bonds. The molecule has 1 unspecified atom stereocenters. The summed E-state index contributed by atoms with van der Waals surface area (Å²) in [6.07, 6.45) is 2.72. The molecule has 0 spiro atoms. The lowest BCUT2D eigenvalue weighted by molar-refractivity contribution is 0.356. The SMILES string of the molecule is C[SiH](C)O[SiH2]O[SiH](C)C(CCC(Cl)(Cl)Cl)(CCC(Cl)(Cl)Cl)CCC(Cl)(Cl)Cl. The van der Waals surface area contributed by atoms with Gasteiger partial charge < -0.3 is 8.23 Å². The summed E-state index contributed by atoms with van der Waals surface area (Å²) in [6.45, 7) is 6.29. The molecule has 2 nitrogen and oxygen atoms in total. The van der Waals surface area contributed by atoms with Gasteiger partial charge in [-0.3, -0.25) is 0 Å². The van der Waals surface area contributed by atoms with Crippen LogP contribution in [-0.2, 0) is 8.23 Å². The molecule has 0 rings (SSSR count). The van der Waals surface area contributed by atoms with Crippen LogP contribution in [0.4, 0.5) is 0 Å².